The van der Waals surface area contributed by atoms with Crippen LogP contribution in [0.3, 0.4) is 0 Å². The fourth-order valence-electron chi connectivity index (χ4n) is 1.81. The smallest absolute Gasteiger partial charge is 0.0995 e. The van der Waals surface area contributed by atoms with Crippen LogP contribution in [0.4, 0.5) is 0 Å². The van der Waals surface area contributed by atoms with E-state index in [1.54, 1.807) is 0 Å². The molecule has 3 nitrogen and oxygen atoms in total. The number of rotatable bonds is 3. The van der Waals surface area contributed by atoms with Gasteiger partial charge in [-0.25, -0.2) is 0 Å². The van der Waals surface area contributed by atoms with E-state index in [0.29, 0.717) is 6.04 Å². The maximum absolute atomic E-state index is 5.96. The van der Waals surface area contributed by atoms with Crippen LogP contribution < -0.4 is 5.73 Å². The van der Waals surface area contributed by atoms with Crippen LogP contribution in [0.25, 0.3) is 0 Å². The summed E-state index contributed by atoms with van der Waals surface area (Å²) >= 11 is 0. The van der Waals surface area contributed by atoms with Crippen LogP contribution in [0.2, 0.25) is 0 Å². The highest BCUT2D eigenvalue weighted by Gasteiger charge is 2.18. The molecule has 0 bridgehead atoms. The Morgan fingerprint density at radius 1 is 1.33 bits per heavy atom. The maximum atomic E-state index is 5.96. The summed E-state index contributed by atoms with van der Waals surface area (Å²) < 4.78 is 0. The molecule has 2 N–H and O–H groups in total. The number of nitrogens with zero attached hydrogens (tertiary/aromatic N) is 2. The SMILES string of the molecule is CC(CN1CCCC1)N=C(N)C(C)(C)C. The Kier molecular flexibility index (Phi) is 4.14. The number of aliphatic imine (C=N–C) groups is 1. The van der Waals surface area contributed by atoms with Crippen molar-refractivity contribution in [3.05, 3.63) is 0 Å². The number of hydrogen-bond acceptors (Lipinski definition) is 2. The monoisotopic (exact) mass is 211 g/mol. The molecule has 15 heavy (non-hydrogen) atoms. The van der Waals surface area contributed by atoms with E-state index in [-0.39, 0.29) is 5.41 Å². The van der Waals surface area contributed by atoms with Crippen LogP contribution in [-0.4, -0.2) is 36.4 Å². The van der Waals surface area contributed by atoms with Crippen molar-refractivity contribution in [2.75, 3.05) is 19.6 Å². The van der Waals surface area contributed by atoms with Gasteiger partial charge in [-0.15, -0.1) is 0 Å². The first-order chi connectivity index (χ1) is 6.89. The van der Waals surface area contributed by atoms with E-state index < -0.39 is 0 Å². The number of nitrogens with two attached hydrogens (primary N) is 1. The lowest BCUT2D eigenvalue weighted by Crippen LogP contribution is -2.33. The van der Waals surface area contributed by atoms with Crippen LogP contribution in [0.5, 0.6) is 0 Å². The second kappa shape index (κ2) is 4.97. The first kappa shape index (κ1) is 12.5. The Morgan fingerprint density at radius 3 is 2.33 bits per heavy atom. The van der Waals surface area contributed by atoms with E-state index in [9.17, 15) is 0 Å². The summed E-state index contributed by atoms with van der Waals surface area (Å²) in [5.74, 6) is 0.772. The molecule has 1 aliphatic rings. The van der Waals surface area contributed by atoms with E-state index in [2.05, 4.69) is 37.6 Å². The van der Waals surface area contributed by atoms with Crippen molar-refractivity contribution in [1.82, 2.24) is 4.90 Å². The molecule has 3 heteroatoms. The largest absolute Gasteiger partial charge is 0.387 e. The standard InChI is InChI=1S/C12H25N3/c1-10(9-15-7-5-6-8-15)14-11(13)12(2,3)4/h10H,5-9H2,1-4H3,(H2,13,14). The van der Waals surface area contributed by atoms with Crippen molar-refractivity contribution >= 4 is 5.84 Å². The van der Waals surface area contributed by atoms with Gasteiger partial charge in [0.2, 0.25) is 0 Å². The zero-order chi connectivity index (χ0) is 11.5. The van der Waals surface area contributed by atoms with Gasteiger partial charge in [-0.05, 0) is 32.9 Å². The molecule has 1 rings (SSSR count). The van der Waals surface area contributed by atoms with Gasteiger partial charge < -0.3 is 10.6 Å². The van der Waals surface area contributed by atoms with Gasteiger partial charge in [0.05, 0.1) is 11.9 Å². The van der Waals surface area contributed by atoms with Crippen LogP contribution in [0.15, 0.2) is 4.99 Å². The summed E-state index contributed by atoms with van der Waals surface area (Å²) in [6.45, 7) is 12.0. The molecule has 1 fully saturated rings. The molecule has 1 saturated heterocycles. The van der Waals surface area contributed by atoms with Crippen LogP contribution in [0, 0.1) is 5.41 Å². The summed E-state index contributed by atoms with van der Waals surface area (Å²) in [6, 6.07) is 0.322. The minimum Gasteiger partial charge on any atom is -0.387 e. The molecule has 0 aromatic carbocycles. The van der Waals surface area contributed by atoms with Gasteiger partial charge in [0.15, 0.2) is 0 Å². The van der Waals surface area contributed by atoms with Gasteiger partial charge in [0.1, 0.15) is 0 Å². The molecule has 0 aliphatic carbocycles. The van der Waals surface area contributed by atoms with E-state index >= 15 is 0 Å². The Balaban J connectivity index is 2.43. The molecule has 1 aliphatic heterocycles. The molecule has 0 aromatic rings. The third-order valence-electron chi connectivity index (χ3n) is 2.85. The second-order valence-corrected chi connectivity index (χ2v) is 5.62. The summed E-state index contributed by atoms with van der Waals surface area (Å²) in [7, 11) is 0. The van der Waals surface area contributed by atoms with Crippen LogP contribution in [-0.2, 0) is 0 Å². The van der Waals surface area contributed by atoms with E-state index in [1.807, 2.05) is 0 Å². The summed E-state index contributed by atoms with van der Waals surface area (Å²) in [6.07, 6.45) is 2.68. The van der Waals surface area contributed by atoms with Crippen LogP contribution >= 0.6 is 0 Å². The topological polar surface area (TPSA) is 41.6 Å². The van der Waals surface area contributed by atoms with E-state index in [1.165, 1.54) is 25.9 Å². The Bertz CT molecular complexity index is 222. The maximum Gasteiger partial charge on any atom is 0.0995 e. The first-order valence-corrected chi connectivity index (χ1v) is 5.95. The first-order valence-electron chi connectivity index (χ1n) is 5.95. The normalized spacial score (nSPS) is 22.0. The number of hydrogen-bond donors (Lipinski definition) is 1. The van der Waals surface area contributed by atoms with Crippen molar-refractivity contribution in [2.45, 2.75) is 46.6 Å². The quantitative estimate of drug-likeness (QED) is 0.572. The summed E-state index contributed by atoms with van der Waals surface area (Å²) in [5.41, 5.74) is 5.96. The van der Waals surface area contributed by atoms with Gasteiger partial charge >= 0.3 is 0 Å². The number of amidine groups is 1. The molecular weight excluding hydrogens is 186 g/mol. The Labute approximate surface area is 93.7 Å². The highest BCUT2D eigenvalue weighted by atomic mass is 15.2. The van der Waals surface area contributed by atoms with Gasteiger partial charge in [-0.1, -0.05) is 20.8 Å². The number of likely N-dealkylation sites (tertiary alicyclic amines) is 1. The molecule has 1 atom stereocenters. The summed E-state index contributed by atoms with van der Waals surface area (Å²) in [4.78, 5) is 7.04. The third-order valence-corrected chi connectivity index (χ3v) is 2.85. The van der Waals surface area contributed by atoms with Crippen molar-refractivity contribution in [3.63, 3.8) is 0 Å². The van der Waals surface area contributed by atoms with Crippen molar-refractivity contribution in [1.29, 1.82) is 0 Å². The molecular formula is C12H25N3. The highest BCUT2D eigenvalue weighted by Crippen LogP contribution is 2.14. The zero-order valence-corrected chi connectivity index (χ0v) is 10.6. The Hall–Kier alpha value is -0.570. The molecule has 1 unspecified atom stereocenters. The molecule has 0 spiro atoms. The van der Waals surface area contributed by atoms with Crippen molar-refractivity contribution < 1.29 is 0 Å². The lowest BCUT2D eigenvalue weighted by atomic mass is 9.95. The van der Waals surface area contributed by atoms with Gasteiger partial charge in [-0.3, -0.25) is 4.99 Å². The second-order valence-electron chi connectivity index (χ2n) is 5.62. The van der Waals surface area contributed by atoms with Gasteiger partial charge in [0, 0.05) is 12.0 Å². The lowest BCUT2D eigenvalue weighted by Gasteiger charge is -2.22. The minimum absolute atomic E-state index is 0.000725. The molecule has 88 valence electrons. The fourth-order valence-corrected chi connectivity index (χ4v) is 1.81. The van der Waals surface area contributed by atoms with Crippen molar-refractivity contribution in [3.8, 4) is 0 Å². The zero-order valence-electron chi connectivity index (χ0n) is 10.6. The molecule has 1 heterocycles. The third kappa shape index (κ3) is 4.20. The summed E-state index contributed by atoms with van der Waals surface area (Å²) in [5, 5.41) is 0. The Morgan fingerprint density at radius 2 is 1.87 bits per heavy atom. The molecule has 0 aromatic heterocycles. The van der Waals surface area contributed by atoms with E-state index in [4.69, 9.17) is 5.73 Å². The average Bonchev–Trinajstić information content (AvgIpc) is 2.54. The van der Waals surface area contributed by atoms with Crippen LogP contribution in [0.1, 0.15) is 40.5 Å². The molecule has 0 radical (unpaired) electrons. The van der Waals surface area contributed by atoms with E-state index in [0.717, 1.165) is 12.4 Å². The van der Waals surface area contributed by atoms with Gasteiger partial charge in [0.25, 0.3) is 0 Å². The predicted octanol–water partition coefficient (Wildman–Crippen LogP) is 1.87. The molecule has 0 saturated carbocycles. The lowest BCUT2D eigenvalue weighted by molar-refractivity contribution is 0.321. The molecule has 0 amide bonds. The average molecular weight is 211 g/mol. The van der Waals surface area contributed by atoms with Crippen molar-refractivity contribution in [2.24, 2.45) is 16.1 Å². The fraction of sp³-hybridized carbons (Fsp3) is 0.917. The van der Waals surface area contributed by atoms with Gasteiger partial charge in [-0.2, -0.15) is 0 Å². The predicted molar refractivity (Wildman–Crippen MR) is 66.2 cm³/mol. The highest BCUT2D eigenvalue weighted by molar-refractivity contribution is 5.85. The minimum atomic E-state index is -0.000725.